The van der Waals surface area contributed by atoms with Crippen LogP contribution >= 0.6 is 0 Å². The molecule has 1 atom stereocenters. The summed E-state index contributed by atoms with van der Waals surface area (Å²) >= 11 is 0. The first-order valence-corrected chi connectivity index (χ1v) is 4.63. The van der Waals surface area contributed by atoms with Crippen LogP contribution in [0.25, 0.3) is 0 Å². The summed E-state index contributed by atoms with van der Waals surface area (Å²) in [6, 6.07) is 4.45. The van der Waals surface area contributed by atoms with E-state index in [2.05, 4.69) is 37.1 Å². The molecule has 2 heteroatoms. The molecule has 1 aromatic rings. The van der Waals surface area contributed by atoms with E-state index < -0.39 is 0 Å². The Morgan fingerprint density at radius 2 is 2.08 bits per heavy atom. The van der Waals surface area contributed by atoms with Crippen LogP contribution < -0.4 is 5.32 Å². The zero-order valence-corrected chi connectivity index (χ0v) is 8.83. The maximum Gasteiger partial charge on any atom is 0.0382 e. The third kappa shape index (κ3) is 2.52. The van der Waals surface area contributed by atoms with Crippen LogP contribution in [0.3, 0.4) is 0 Å². The topological polar surface area (TPSA) is 24.9 Å². The maximum atomic E-state index is 4.13. The second-order valence-electron chi connectivity index (χ2n) is 4.37. The first-order chi connectivity index (χ1) is 6.05. The fourth-order valence-electron chi connectivity index (χ4n) is 1.65. The van der Waals surface area contributed by atoms with Gasteiger partial charge in [-0.2, -0.15) is 0 Å². The van der Waals surface area contributed by atoms with E-state index in [1.807, 2.05) is 19.3 Å². The highest BCUT2D eigenvalue weighted by Crippen LogP contribution is 2.31. The third-order valence-corrected chi connectivity index (χ3v) is 2.17. The third-order valence-electron chi connectivity index (χ3n) is 2.17. The molecule has 0 saturated heterocycles. The van der Waals surface area contributed by atoms with Crippen LogP contribution in [0.15, 0.2) is 24.5 Å². The Morgan fingerprint density at radius 1 is 1.38 bits per heavy atom. The van der Waals surface area contributed by atoms with E-state index >= 15 is 0 Å². The second-order valence-corrected chi connectivity index (χ2v) is 4.37. The van der Waals surface area contributed by atoms with Gasteiger partial charge in [0.2, 0.25) is 0 Å². The van der Waals surface area contributed by atoms with Crippen molar-refractivity contribution < 1.29 is 0 Å². The summed E-state index contributed by atoms with van der Waals surface area (Å²) in [7, 11) is 1.99. The summed E-state index contributed by atoms with van der Waals surface area (Å²) in [5.41, 5.74) is 1.47. The van der Waals surface area contributed by atoms with Crippen molar-refractivity contribution in [2.24, 2.45) is 5.41 Å². The maximum absolute atomic E-state index is 4.13. The van der Waals surface area contributed by atoms with Gasteiger partial charge in [-0.05, 0) is 24.1 Å². The minimum atomic E-state index is 0.220. The number of rotatable bonds is 2. The van der Waals surface area contributed by atoms with Gasteiger partial charge in [0, 0.05) is 18.4 Å². The van der Waals surface area contributed by atoms with E-state index in [1.54, 1.807) is 6.20 Å². The normalized spacial score (nSPS) is 14.2. The lowest BCUT2D eigenvalue weighted by molar-refractivity contribution is 0.286. The van der Waals surface area contributed by atoms with E-state index in [4.69, 9.17) is 0 Å². The fourth-order valence-corrected chi connectivity index (χ4v) is 1.65. The Hall–Kier alpha value is -0.890. The Bertz CT molecular complexity index is 249. The molecular formula is C11H18N2. The summed E-state index contributed by atoms with van der Waals surface area (Å²) in [5, 5.41) is 3.32. The van der Waals surface area contributed by atoms with Crippen molar-refractivity contribution in [3.05, 3.63) is 30.1 Å². The van der Waals surface area contributed by atoms with Gasteiger partial charge in [-0.25, -0.2) is 0 Å². The summed E-state index contributed by atoms with van der Waals surface area (Å²) in [5.74, 6) is 0. The van der Waals surface area contributed by atoms with Crippen LogP contribution in [0.1, 0.15) is 32.4 Å². The fraction of sp³-hybridized carbons (Fsp3) is 0.545. The minimum absolute atomic E-state index is 0.220. The first-order valence-electron chi connectivity index (χ1n) is 4.63. The van der Waals surface area contributed by atoms with Crippen LogP contribution in [0.4, 0.5) is 0 Å². The molecule has 0 saturated carbocycles. The lowest BCUT2D eigenvalue weighted by atomic mass is 9.83. The molecule has 72 valence electrons. The number of hydrogen-bond acceptors (Lipinski definition) is 2. The minimum Gasteiger partial charge on any atom is -0.313 e. The molecule has 1 N–H and O–H groups in total. The van der Waals surface area contributed by atoms with Crippen molar-refractivity contribution in [1.29, 1.82) is 0 Å². The molecule has 13 heavy (non-hydrogen) atoms. The van der Waals surface area contributed by atoms with Crippen molar-refractivity contribution in [3.8, 4) is 0 Å². The molecule has 0 aliphatic rings. The largest absolute Gasteiger partial charge is 0.313 e. The van der Waals surface area contributed by atoms with Gasteiger partial charge in [-0.1, -0.05) is 26.8 Å². The number of aromatic nitrogens is 1. The van der Waals surface area contributed by atoms with Gasteiger partial charge in [-0.15, -0.1) is 0 Å². The quantitative estimate of drug-likeness (QED) is 0.752. The van der Waals surface area contributed by atoms with Crippen LogP contribution in [0.5, 0.6) is 0 Å². The molecule has 0 bridgehead atoms. The van der Waals surface area contributed by atoms with E-state index in [-0.39, 0.29) is 5.41 Å². The van der Waals surface area contributed by atoms with Gasteiger partial charge >= 0.3 is 0 Å². The molecule has 1 rings (SSSR count). The molecule has 1 aromatic heterocycles. The van der Waals surface area contributed by atoms with Crippen molar-refractivity contribution in [2.75, 3.05) is 7.05 Å². The number of nitrogens with one attached hydrogen (secondary N) is 1. The highest BCUT2D eigenvalue weighted by atomic mass is 14.9. The van der Waals surface area contributed by atoms with Gasteiger partial charge in [-0.3, -0.25) is 4.98 Å². The van der Waals surface area contributed by atoms with Crippen LogP contribution in [0, 0.1) is 5.41 Å². The molecule has 1 unspecified atom stereocenters. The molecule has 0 spiro atoms. The molecule has 0 fully saturated rings. The van der Waals surface area contributed by atoms with Gasteiger partial charge < -0.3 is 5.32 Å². The zero-order valence-electron chi connectivity index (χ0n) is 8.83. The summed E-state index contributed by atoms with van der Waals surface area (Å²) in [6.45, 7) is 6.67. The van der Waals surface area contributed by atoms with Crippen LogP contribution in [-0.4, -0.2) is 12.0 Å². The van der Waals surface area contributed by atoms with Gasteiger partial charge in [0.05, 0.1) is 0 Å². The molecule has 0 amide bonds. The van der Waals surface area contributed by atoms with Crippen molar-refractivity contribution >= 4 is 0 Å². The lowest BCUT2D eigenvalue weighted by Crippen LogP contribution is -2.29. The van der Waals surface area contributed by atoms with Crippen molar-refractivity contribution in [3.63, 3.8) is 0 Å². The van der Waals surface area contributed by atoms with E-state index in [0.29, 0.717) is 6.04 Å². The average Bonchev–Trinajstić information content (AvgIpc) is 2.05. The Morgan fingerprint density at radius 3 is 2.46 bits per heavy atom. The molecule has 0 aliphatic carbocycles. The first kappa shape index (κ1) is 10.2. The summed E-state index contributed by atoms with van der Waals surface area (Å²) in [6.07, 6.45) is 3.73. The standard InChI is InChI=1S/C11H18N2/c1-11(2,3)10(12-4)9-6-5-7-13-8-9/h5-8,10,12H,1-4H3. The average molecular weight is 178 g/mol. The van der Waals surface area contributed by atoms with E-state index in [9.17, 15) is 0 Å². The van der Waals surface area contributed by atoms with Gasteiger partial charge in [0.15, 0.2) is 0 Å². The van der Waals surface area contributed by atoms with Gasteiger partial charge in [0.1, 0.15) is 0 Å². The number of hydrogen-bond donors (Lipinski definition) is 1. The predicted molar refractivity (Wildman–Crippen MR) is 55.5 cm³/mol. The van der Waals surface area contributed by atoms with Crippen molar-refractivity contribution in [2.45, 2.75) is 26.8 Å². The molecule has 2 nitrogen and oxygen atoms in total. The SMILES string of the molecule is CNC(c1cccnc1)C(C)(C)C. The molecule has 0 radical (unpaired) electrons. The van der Waals surface area contributed by atoms with E-state index in [0.717, 1.165) is 0 Å². The molecular weight excluding hydrogens is 160 g/mol. The van der Waals surface area contributed by atoms with Crippen molar-refractivity contribution in [1.82, 2.24) is 10.3 Å². The Balaban J connectivity index is 2.92. The highest BCUT2D eigenvalue weighted by molar-refractivity contribution is 5.15. The summed E-state index contributed by atoms with van der Waals surface area (Å²) in [4.78, 5) is 4.13. The lowest BCUT2D eigenvalue weighted by Gasteiger charge is -2.30. The Labute approximate surface area is 80.4 Å². The van der Waals surface area contributed by atoms with E-state index in [1.165, 1.54) is 5.56 Å². The molecule has 0 aliphatic heterocycles. The number of pyridine rings is 1. The monoisotopic (exact) mass is 178 g/mol. The van der Waals surface area contributed by atoms with Crippen LogP contribution in [-0.2, 0) is 0 Å². The second kappa shape index (κ2) is 3.88. The van der Waals surface area contributed by atoms with Gasteiger partial charge in [0.25, 0.3) is 0 Å². The summed E-state index contributed by atoms with van der Waals surface area (Å²) < 4.78 is 0. The van der Waals surface area contributed by atoms with Crippen LogP contribution in [0.2, 0.25) is 0 Å². The zero-order chi connectivity index (χ0) is 9.90. The smallest absolute Gasteiger partial charge is 0.0382 e. The predicted octanol–water partition coefficient (Wildman–Crippen LogP) is 2.39. The number of nitrogens with zero attached hydrogens (tertiary/aromatic N) is 1. The molecule has 0 aromatic carbocycles. The molecule has 1 heterocycles. The Kier molecular flexibility index (Phi) is 3.04. The highest BCUT2D eigenvalue weighted by Gasteiger charge is 2.24.